The van der Waals surface area contributed by atoms with Gasteiger partial charge in [-0.2, -0.15) is 9.97 Å². The number of fused-ring (bicyclic) bond motifs is 2. The van der Waals surface area contributed by atoms with E-state index in [0.717, 1.165) is 77.8 Å². The number of likely N-dealkylation sites (tertiary alicyclic amines) is 1. The highest BCUT2D eigenvalue weighted by Gasteiger charge is 2.45. The zero-order chi connectivity index (χ0) is 49.6. The van der Waals surface area contributed by atoms with E-state index in [9.17, 15) is 24.6 Å². The molecule has 1 saturated carbocycles. The molecule has 0 spiro atoms. The first kappa shape index (κ1) is 48.4. The lowest BCUT2D eigenvalue weighted by Crippen LogP contribution is -2.49. The van der Waals surface area contributed by atoms with Crippen molar-refractivity contribution in [1.29, 1.82) is 0 Å². The fraction of sp³-hybridized carbons (Fsp3) is 0.472. The predicted octanol–water partition coefficient (Wildman–Crippen LogP) is 7.37. The van der Waals surface area contributed by atoms with E-state index in [2.05, 4.69) is 31.0 Å². The van der Waals surface area contributed by atoms with Gasteiger partial charge < -0.3 is 34.5 Å². The van der Waals surface area contributed by atoms with Crippen molar-refractivity contribution in [2.45, 2.75) is 70.3 Å². The van der Waals surface area contributed by atoms with Crippen LogP contribution in [0.15, 0.2) is 48.7 Å². The number of carbonyl (C=O) groups is 3. The number of piperidine rings is 2. The van der Waals surface area contributed by atoms with Gasteiger partial charge in [0.05, 0.1) is 33.9 Å². The van der Waals surface area contributed by atoms with Crippen molar-refractivity contribution < 1.29 is 38.1 Å². The Hall–Kier alpha value is -6.19. The molecule has 0 radical (unpaired) electrons. The Morgan fingerprint density at radius 2 is 1.76 bits per heavy atom. The SMILES string of the molecule is C#Cc1c(F)ccc2cc(O)cc(-c3ncc4c(N5CCC[C@@](C)(O)C5)nc(OCC5(CN6CCN(CCCC7CCN(C(=O)c8ccc(Cl)c(N9CCC(=O)NC9=O)c8)CC7)CC6)CC5)nc4c3F)c12. The number of ether oxygens (including phenoxy) is 1. The zero-order valence-electron chi connectivity index (χ0n) is 39.9. The van der Waals surface area contributed by atoms with Crippen LogP contribution in [0.4, 0.5) is 25.1 Å². The minimum Gasteiger partial charge on any atom is -0.508 e. The number of nitrogens with zero attached hydrogens (tertiary/aromatic N) is 8. The molecule has 372 valence electrons. The highest BCUT2D eigenvalue weighted by atomic mass is 35.5. The van der Waals surface area contributed by atoms with Gasteiger partial charge in [-0.25, -0.2) is 13.6 Å². The molecule has 18 heteroatoms. The summed E-state index contributed by atoms with van der Waals surface area (Å²) in [5, 5.41) is 25.4. The molecule has 1 aliphatic carbocycles. The van der Waals surface area contributed by atoms with Gasteiger partial charge in [0.2, 0.25) is 5.91 Å². The fourth-order valence-electron chi connectivity index (χ4n) is 10.9. The molecule has 4 aliphatic heterocycles. The van der Waals surface area contributed by atoms with Crippen LogP contribution in [-0.2, 0) is 4.79 Å². The maximum atomic E-state index is 17.1. The van der Waals surface area contributed by atoms with Crippen LogP contribution in [0.3, 0.4) is 0 Å². The number of amides is 4. The standard InChI is InChI=1S/C53H58ClF2N9O6/c1-3-37-41(55)10-8-34-26-36(66)28-38(44(34)37)46-45(56)47-39(29-57-46)48(64-18-5-14-52(2,70)30-64)60-50(59-47)71-32-53(15-16-53)31-62-24-22-61(23-25-62)17-4-6-33-11-19-63(20-12-33)49(68)35-7-9-40(54)42(27-35)65-21-13-43(67)58-51(65)69/h1,7-10,26-29,33,66,70H,4-6,11-25,30-32H2,2H3,(H,58,67,69)/t52-/m1/s1. The maximum absolute atomic E-state index is 17.1. The molecule has 0 unspecified atom stereocenters. The van der Waals surface area contributed by atoms with Gasteiger partial charge in [-0.1, -0.05) is 23.6 Å². The zero-order valence-corrected chi connectivity index (χ0v) is 40.6. The highest BCUT2D eigenvalue weighted by molar-refractivity contribution is 6.34. The molecular formula is C53H58ClF2N9O6. The Balaban J connectivity index is 0.740. The van der Waals surface area contributed by atoms with Crippen LogP contribution in [0.25, 0.3) is 32.9 Å². The normalized spacial score (nSPS) is 21.2. The lowest BCUT2D eigenvalue weighted by molar-refractivity contribution is -0.120. The van der Waals surface area contributed by atoms with Crippen LogP contribution in [-0.4, -0.2) is 142 Å². The van der Waals surface area contributed by atoms with Crippen molar-refractivity contribution in [3.05, 3.63) is 76.4 Å². The van der Waals surface area contributed by atoms with Crippen LogP contribution in [0, 0.1) is 35.3 Å². The van der Waals surface area contributed by atoms with E-state index in [4.69, 9.17) is 27.7 Å². The number of carbonyl (C=O) groups excluding carboxylic acids is 3. The van der Waals surface area contributed by atoms with Gasteiger partial charge in [0.1, 0.15) is 28.6 Å². The number of benzene rings is 3. The second kappa shape index (κ2) is 19.8. The lowest BCUT2D eigenvalue weighted by Gasteiger charge is -2.38. The van der Waals surface area contributed by atoms with E-state index in [1.165, 1.54) is 35.4 Å². The van der Waals surface area contributed by atoms with Crippen LogP contribution in [0.1, 0.15) is 80.6 Å². The number of anilines is 2. The van der Waals surface area contributed by atoms with E-state index >= 15 is 8.78 Å². The van der Waals surface area contributed by atoms with E-state index in [1.807, 2.05) is 9.80 Å². The molecule has 2 aromatic heterocycles. The average Bonchev–Trinajstić information content (AvgIpc) is 4.13. The number of phenols is 1. The van der Waals surface area contributed by atoms with Crippen molar-refractivity contribution >= 4 is 62.6 Å². The van der Waals surface area contributed by atoms with Crippen molar-refractivity contribution in [2.75, 3.05) is 88.4 Å². The third-order valence-electron chi connectivity index (χ3n) is 15.1. The molecule has 10 rings (SSSR count). The molecule has 5 aromatic rings. The number of phenolic OH excluding ortho intramolecular Hbond substituents is 1. The quantitative estimate of drug-likeness (QED) is 0.100. The largest absolute Gasteiger partial charge is 0.508 e. The summed E-state index contributed by atoms with van der Waals surface area (Å²) in [6, 6.07) is 9.89. The predicted molar refractivity (Wildman–Crippen MR) is 267 cm³/mol. The summed E-state index contributed by atoms with van der Waals surface area (Å²) < 4.78 is 38.5. The second-order valence-electron chi connectivity index (χ2n) is 20.4. The highest BCUT2D eigenvalue weighted by Crippen LogP contribution is 2.47. The van der Waals surface area contributed by atoms with E-state index in [0.29, 0.717) is 77.9 Å². The molecule has 3 N–H and O–H groups in total. The second-order valence-corrected chi connectivity index (χ2v) is 20.8. The summed E-state index contributed by atoms with van der Waals surface area (Å²) in [7, 11) is 0. The van der Waals surface area contributed by atoms with Gasteiger partial charge in [0.25, 0.3) is 5.91 Å². The van der Waals surface area contributed by atoms with Gasteiger partial charge >= 0.3 is 12.0 Å². The lowest BCUT2D eigenvalue weighted by atomic mass is 9.91. The number of halogens is 3. The number of terminal acetylenes is 1. The fourth-order valence-corrected chi connectivity index (χ4v) is 11.1. The first-order valence-electron chi connectivity index (χ1n) is 24.7. The van der Waals surface area contributed by atoms with Crippen molar-refractivity contribution in [1.82, 2.24) is 35.0 Å². The molecule has 71 heavy (non-hydrogen) atoms. The molecule has 3 aromatic carbocycles. The number of pyridine rings is 1. The van der Waals surface area contributed by atoms with Gasteiger partial charge in [-0.05, 0) is 113 Å². The van der Waals surface area contributed by atoms with Gasteiger partial charge in [0, 0.05) is 100.0 Å². The monoisotopic (exact) mass is 989 g/mol. The maximum Gasteiger partial charge on any atom is 0.328 e. The number of hydrogen-bond donors (Lipinski definition) is 3. The van der Waals surface area contributed by atoms with Crippen LogP contribution in [0.5, 0.6) is 11.8 Å². The minimum atomic E-state index is -0.989. The Morgan fingerprint density at radius 3 is 2.49 bits per heavy atom. The third-order valence-corrected chi connectivity index (χ3v) is 15.4. The summed E-state index contributed by atoms with van der Waals surface area (Å²) in [6.07, 6.45) is 14.7. The summed E-state index contributed by atoms with van der Waals surface area (Å²) in [6.45, 7) is 10.2. The number of aliphatic hydroxyl groups is 1. The number of rotatable bonds is 13. The van der Waals surface area contributed by atoms with E-state index < -0.39 is 23.3 Å². The number of β-amino-alcohol motifs (C(OH)–C–C–N with tert-alkyl or cyclic N) is 1. The molecular weight excluding hydrogens is 932 g/mol. The van der Waals surface area contributed by atoms with Crippen LogP contribution >= 0.6 is 11.6 Å². The summed E-state index contributed by atoms with van der Waals surface area (Å²) >= 11 is 6.42. The topological polar surface area (TPSA) is 168 Å². The smallest absolute Gasteiger partial charge is 0.328 e. The molecule has 4 saturated heterocycles. The van der Waals surface area contributed by atoms with E-state index in [-0.39, 0.29) is 76.2 Å². The first-order valence-corrected chi connectivity index (χ1v) is 25.1. The minimum absolute atomic E-state index is 0.0128. The molecule has 4 amide bonds. The van der Waals surface area contributed by atoms with Crippen molar-refractivity contribution in [3.8, 4) is 35.4 Å². The first-order chi connectivity index (χ1) is 34.2. The third kappa shape index (κ3) is 10.3. The Labute approximate surface area is 416 Å². The summed E-state index contributed by atoms with van der Waals surface area (Å²) in [5.74, 6) is 1.30. The van der Waals surface area contributed by atoms with Gasteiger partial charge in [-0.3, -0.25) is 24.8 Å². The number of nitrogens with one attached hydrogen (secondary N) is 1. The molecule has 5 aliphatic rings. The van der Waals surface area contributed by atoms with Gasteiger partial charge in [0.15, 0.2) is 5.82 Å². The molecule has 15 nitrogen and oxygen atoms in total. The van der Waals surface area contributed by atoms with Crippen molar-refractivity contribution in [3.63, 3.8) is 0 Å². The number of piperazine rings is 1. The Morgan fingerprint density at radius 1 is 0.986 bits per heavy atom. The van der Waals surface area contributed by atoms with Crippen molar-refractivity contribution in [2.24, 2.45) is 11.3 Å². The molecule has 0 bridgehead atoms. The average molecular weight is 991 g/mol. The van der Waals surface area contributed by atoms with Crippen LogP contribution < -0.4 is 19.9 Å². The number of imide groups is 1. The molecule has 5 fully saturated rings. The molecule has 1 atom stereocenters. The van der Waals surface area contributed by atoms with Gasteiger partial charge in [-0.15, -0.1) is 6.42 Å². The number of aromatic nitrogens is 3. The van der Waals surface area contributed by atoms with Crippen LogP contribution in [0.2, 0.25) is 5.02 Å². The molecule has 6 heterocycles. The summed E-state index contributed by atoms with van der Waals surface area (Å²) in [4.78, 5) is 61.9. The number of aromatic hydroxyl groups is 1. The Bertz CT molecular complexity index is 2950. The number of hydrogen-bond acceptors (Lipinski definition) is 12. The Kier molecular flexibility index (Phi) is 13.5. The summed E-state index contributed by atoms with van der Waals surface area (Å²) in [5.41, 5.74) is -0.345. The van der Waals surface area contributed by atoms with E-state index in [1.54, 1.807) is 25.1 Å². The number of urea groups is 1.